The Hall–Kier alpha value is -0.590. The average Bonchev–Trinajstić information content (AvgIpc) is 2.35. The number of thioether (sulfide) groups is 1. The summed E-state index contributed by atoms with van der Waals surface area (Å²) in [5.74, 6) is 0.354. The molecule has 0 aromatic carbocycles. The van der Waals surface area contributed by atoms with E-state index in [2.05, 4.69) is 26.2 Å². The number of pyridine rings is 1. The highest BCUT2D eigenvalue weighted by atomic mass is 79.9. The van der Waals surface area contributed by atoms with Crippen molar-refractivity contribution in [2.75, 3.05) is 12.9 Å². The first-order valence-electron chi connectivity index (χ1n) is 5.61. The molecule has 0 saturated heterocycles. The molecule has 1 heterocycles. The molecule has 18 heavy (non-hydrogen) atoms. The van der Waals surface area contributed by atoms with E-state index in [1.165, 1.54) is 18.9 Å². The predicted octanol–water partition coefficient (Wildman–Crippen LogP) is 2.48. The highest BCUT2D eigenvalue weighted by molar-refractivity contribution is 9.10. The summed E-state index contributed by atoms with van der Waals surface area (Å²) in [5.41, 5.74) is 0. The van der Waals surface area contributed by atoms with Crippen LogP contribution < -0.4 is 5.32 Å². The van der Waals surface area contributed by atoms with E-state index in [0.717, 1.165) is 9.50 Å². The minimum Gasteiger partial charge on any atom is -0.468 e. The van der Waals surface area contributed by atoms with Gasteiger partial charge in [-0.2, -0.15) is 0 Å². The van der Waals surface area contributed by atoms with Crippen LogP contribution in [0.4, 0.5) is 0 Å². The quantitative estimate of drug-likeness (QED) is 0.640. The van der Waals surface area contributed by atoms with E-state index in [1.807, 2.05) is 26.0 Å². The van der Waals surface area contributed by atoms with Crippen LogP contribution >= 0.6 is 27.7 Å². The van der Waals surface area contributed by atoms with Gasteiger partial charge in [-0.1, -0.05) is 13.8 Å². The Morgan fingerprint density at radius 2 is 2.28 bits per heavy atom. The predicted molar refractivity (Wildman–Crippen MR) is 76.7 cm³/mol. The van der Waals surface area contributed by atoms with E-state index in [-0.39, 0.29) is 18.1 Å². The number of nitrogens with one attached hydrogen (secondary N) is 1. The van der Waals surface area contributed by atoms with Crippen molar-refractivity contribution in [2.24, 2.45) is 0 Å². The van der Waals surface area contributed by atoms with E-state index in [9.17, 15) is 4.79 Å². The van der Waals surface area contributed by atoms with Crippen molar-refractivity contribution in [3.63, 3.8) is 0 Å². The highest BCUT2D eigenvalue weighted by Crippen LogP contribution is 2.18. The number of esters is 1. The van der Waals surface area contributed by atoms with Crippen LogP contribution in [0.3, 0.4) is 0 Å². The van der Waals surface area contributed by atoms with Gasteiger partial charge in [-0.3, -0.25) is 4.79 Å². The Balaban J connectivity index is 2.55. The summed E-state index contributed by atoms with van der Waals surface area (Å²) in [6, 6.07) is 3.76. The van der Waals surface area contributed by atoms with Gasteiger partial charge < -0.3 is 10.1 Å². The van der Waals surface area contributed by atoms with Crippen molar-refractivity contribution in [1.29, 1.82) is 0 Å². The first kappa shape index (κ1) is 15.5. The van der Waals surface area contributed by atoms with Crippen molar-refractivity contribution in [2.45, 2.75) is 31.0 Å². The minimum absolute atomic E-state index is 0.229. The lowest BCUT2D eigenvalue weighted by atomic mass is 10.3. The van der Waals surface area contributed by atoms with Gasteiger partial charge in [-0.05, 0) is 28.1 Å². The second kappa shape index (κ2) is 7.76. The lowest BCUT2D eigenvalue weighted by Gasteiger charge is -2.18. The van der Waals surface area contributed by atoms with Crippen LogP contribution in [0.5, 0.6) is 0 Å². The third-order valence-corrected chi connectivity index (χ3v) is 3.62. The summed E-state index contributed by atoms with van der Waals surface area (Å²) in [4.78, 5) is 15.8. The fraction of sp³-hybridized carbons (Fsp3) is 0.500. The Bertz CT molecular complexity index is 384. The largest absolute Gasteiger partial charge is 0.468 e. The van der Waals surface area contributed by atoms with Gasteiger partial charge in [0.1, 0.15) is 6.04 Å². The van der Waals surface area contributed by atoms with Gasteiger partial charge in [0, 0.05) is 22.5 Å². The first-order chi connectivity index (χ1) is 8.52. The fourth-order valence-corrected chi connectivity index (χ4v) is 2.44. The molecule has 1 unspecified atom stereocenters. The average molecular weight is 333 g/mol. The minimum atomic E-state index is -0.314. The molecule has 0 radical (unpaired) electrons. The molecule has 4 nitrogen and oxygen atoms in total. The highest BCUT2D eigenvalue weighted by Gasteiger charge is 2.20. The fourth-order valence-electron chi connectivity index (χ4n) is 1.35. The molecule has 6 heteroatoms. The van der Waals surface area contributed by atoms with E-state index in [0.29, 0.717) is 5.75 Å². The standard InChI is InChI=1S/C12H17BrN2O2S/c1-8(2)15-10(12(16)17-3)7-18-11-5-4-9(13)6-14-11/h4-6,8,10,15H,7H2,1-3H3. The lowest BCUT2D eigenvalue weighted by Crippen LogP contribution is -2.43. The van der Waals surface area contributed by atoms with Gasteiger partial charge in [0.15, 0.2) is 0 Å². The Labute approximate surface area is 120 Å². The molecule has 1 atom stereocenters. The normalized spacial score (nSPS) is 12.5. The Morgan fingerprint density at radius 3 is 2.78 bits per heavy atom. The number of carbonyl (C=O) groups is 1. The molecule has 1 N–H and O–H groups in total. The number of carbonyl (C=O) groups excluding carboxylic acids is 1. The number of nitrogens with zero attached hydrogens (tertiary/aromatic N) is 1. The summed E-state index contributed by atoms with van der Waals surface area (Å²) in [5, 5.41) is 4.07. The number of rotatable bonds is 6. The van der Waals surface area contributed by atoms with Crippen LogP contribution in [0.25, 0.3) is 0 Å². The third kappa shape index (κ3) is 5.37. The van der Waals surface area contributed by atoms with Crippen LogP contribution in [0.15, 0.2) is 27.8 Å². The SMILES string of the molecule is COC(=O)C(CSc1ccc(Br)cn1)NC(C)C. The van der Waals surface area contributed by atoms with E-state index < -0.39 is 0 Å². The molecule has 1 aromatic heterocycles. The molecule has 0 aliphatic carbocycles. The number of halogens is 1. The number of hydrogen-bond donors (Lipinski definition) is 1. The molecule has 1 rings (SSSR count). The van der Waals surface area contributed by atoms with Crippen LogP contribution in [-0.4, -0.2) is 35.9 Å². The summed E-state index contributed by atoms with van der Waals surface area (Å²) >= 11 is 4.86. The van der Waals surface area contributed by atoms with Crippen molar-refractivity contribution in [3.05, 3.63) is 22.8 Å². The third-order valence-electron chi connectivity index (χ3n) is 2.12. The zero-order valence-corrected chi connectivity index (χ0v) is 13.0. The maximum atomic E-state index is 11.6. The molecule has 0 aliphatic heterocycles. The molecular formula is C12H17BrN2O2S. The summed E-state index contributed by atoms with van der Waals surface area (Å²) in [7, 11) is 1.40. The van der Waals surface area contributed by atoms with Gasteiger partial charge in [0.2, 0.25) is 0 Å². The molecule has 0 spiro atoms. The van der Waals surface area contributed by atoms with Crippen LogP contribution in [0.1, 0.15) is 13.8 Å². The zero-order valence-electron chi connectivity index (χ0n) is 10.6. The molecule has 0 fully saturated rings. The maximum Gasteiger partial charge on any atom is 0.323 e. The number of ether oxygens (including phenoxy) is 1. The topological polar surface area (TPSA) is 51.2 Å². The molecule has 0 bridgehead atoms. The summed E-state index contributed by atoms with van der Waals surface area (Å²) in [6.07, 6.45) is 1.74. The second-order valence-electron chi connectivity index (χ2n) is 4.02. The van der Waals surface area contributed by atoms with Crippen molar-refractivity contribution in [3.8, 4) is 0 Å². The monoisotopic (exact) mass is 332 g/mol. The molecule has 100 valence electrons. The molecule has 0 amide bonds. The van der Waals surface area contributed by atoms with E-state index in [4.69, 9.17) is 4.74 Å². The second-order valence-corrected chi connectivity index (χ2v) is 5.98. The zero-order chi connectivity index (χ0) is 13.5. The van der Waals surface area contributed by atoms with Gasteiger partial charge >= 0.3 is 5.97 Å². The van der Waals surface area contributed by atoms with Crippen molar-refractivity contribution in [1.82, 2.24) is 10.3 Å². The van der Waals surface area contributed by atoms with Crippen molar-refractivity contribution >= 4 is 33.7 Å². The van der Waals surface area contributed by atoms with E-state index in [1.54, 1.807) is 6.20 Å². The van der Waals surface area contributed by atoms with Crippen LogP contribution in [-0.2, 0) is 9.53 Å². The smallest absolute Gasteiger partial charge is 0.323 e. The Kier molecular flexibility index (Phi) is 6.67. The summed E-state index contributed by atoms with van der Waals surface area (Å²) in [6.45, 7) is 4.00. The molecule has 0 saturated carbocycles. The summed E-state index contributed by atoms with van der Waals surface area (Å²) < 4.78 is 5.72. The molecular weight excluding hydrogens is 316 g/mol. The lowest BCUT2D eigenvalue weighted by molar-refractivity contribution is -0.142. The number of aromatic nitrogens is 1. The van der Waals surface area contributed by atoms with Gasteiger partial charge in [0.05, 0.1) is 12.1 Å². The van der Waals surface area contributed by atoms with Gasteiger partial charge in [-0.15, -0.1) is 11.8 Å². The van der Waals surface area contributed by atoms with Gasteiger partial charge in [0.25, 0.3) is 0 Å². The van der Waals surface area contributed by atoms with Crippen LogP contribution in [0.2, 0.25) is 0 Å². The van der Waals surface area contributed by atoms with Gasteiger partial charge in [-0.25, -0.2) is 4.98 Å². The number of methoxy groups -OCH3 is 1. The van der Waals surface area contributed by atoms with Crippen LogP contribution in [0, 0.1) is 0 Å². The number of hydrogen-bond acceptors (Lipinski definition) is 5. The van der Waals surface area contributed by atoms with Crippen molar-refractivity contribution < 1.29 is 9.53 Å². The Morgan fingerprint density at radius 1 is 1.56 bits per heavy atom. The van der Waals surface area contributed by atoms with E-state index >= 15 is 0 Å². The maximum absolute atomic E-state index is 11.6. The first-order valence-corrected chi connectivity index (χ1v) is 7.39. The molecule has 0 aliphatic rings. The molecule has 1 aromatic rings.